The smallest absolute Gasteiger partial charge is 0.0931 e. The fourth-order valence-electron chi connectivity index (χ4n) is 2.28. The summed E-state index contributed by atoms with van der Waals surface area (Å²) in [6.45, 7) is 6.70. The molecule has 0 saturated heterocycles. The average Bonchev–Trinajstić information content (AvgIpc) is 2.85. The van der Waals surface area contributed by atoms with Crippen LogP contribution in [-0.4, -0.2) is 9.97 Å². The first kappa shape index (κ1) is 12.0. The van der Waals surface area contributed by atoms with Gasteiger partial charge in [-0.3, -0.25) is 0 Å². The van der Waals surface area contributed by atoms with E-state index in [2.05, 4.69) is 73.2 Å². The summed E-state index contributed by atoms with van der Waals surface area (Å²) in [6, 6.07) is 15.1. The molecule has 0 saturated carbocycles. The topological polar surface area (TPSA) is 28.7 Å². The Morgan fingerprint density at radius 3 is 2.26 bits per heavy atom. The quantitative estimate of drug-likeness (QED) is 0.675. The molecule has 0 atom stereocenters. The van der Waals surface area contributed by atoms with Gasteiger partial charge in [-0.2, -0.15) is 0 Å². The summed E-state index contributed by atoms with van der Waals surface area (Å²) in [5.41, 5.74) is 6.11. The van der Waals surface area contributed by atoms with Gasteiger partial charge in [0.1, 0.15) is 0 Å². The standard InChI is InChI=1S/C17H18N2/c1-17(2,3)14-7-4-12(5-8-14)13-6-9-15-16(10-13)19-11-18-15/h4-11H,1-3H3,(H,18,19). The van der Waals surface area contributed by atoms with Crippen molar-refractivity contribution < 1.29 is 0 Å². The molecule has 0 aliphatic rings. The number of hydrogen-bond acceptors (Lipinski definition) is 1. The van der Waals surface area contributed by atoms with E-state index in [4.69, 9.17) is 0 Å². The van der Waals surface area contributed by atoms with Gasteiger partial charge in [0.15, 0.2) is 0 Å². The van der Waals surface area contributed by atoms with Crippen molar-refractivity contribution in [3.05, 3.63) is 54.4 Å². The maximum atomic E-state index is 4.24. The van der Waals surface area contributed by atoms with Crippen LogP contribution in [0.3, 0.4) is 0 Å². The van der Waals surface area contributed by atoms with Crippen molar-refractivity contribution in [2.45, 2.75) is 26.2 Å². The lowest BCUT2D eigenvalue weighted by Gasteiger charge is -2.19. The molecule has 96 valence electrons. The first-order chi connectivity index (χ1) is 9.04. The van der Waals surface area contributed by atoms with Gasteiger partial charge >= 0.3 is 0 Å². The normalized spacial score (nSPS) is 11.9. The molecule has 0 aliphatic carbocycles. The predicted molar refractivity (Wildman–Crippen MR) is 80.2 cm³/mol. The summed E-state index contributed by atoms with van der Waals surface area (Å²) in [4.78, 5) is 7.40. The van der Waals surface area contributed by atoms with Crippen LogP contribution >= 0.6 is 0 Å². The number of aromatic nitrogens is 2. The van der Waals surface area contributed by atoms with E-state index in [1.165, 1.54) is 16.7 Å². The lowest BCUT2D eigenvalue weighted by molar-refractivity contribution is 0.590. The van der Waals surface area contributed by atoms with Crippen LogP contribution in [0.2, 0.25) is 0 Å². The van der Waals surface area contributed by atoms with Crippen LogP contribution in [0.25, 0.3) is 22.2 Å². The van der Waals surface area contributed by atoms with Crippen LogP contribution in [0, 0.1) is 0 Å². The second-order valence-electron chi connectivity index (χ2n) is 5.96. The first-order valence-corrected chi connectivity index (χ1v) is 6.58. The zero-order valence-corrected chi connectivity index (χ0v) is 11.6. The molecule has 1 heterocycles. The third-order valence-corrected chi connectivity index (χ3v) is 3.50. The highest BCUT2D eigenvalue weighted by molar-refractivity contribution is 5.81. The summed E-state index contributed by atoms with van der Waals surface area (Å²) in [7, 11) is 0. The Kier molecular flexibility index (Phi) is 2.67. The summed E-state index contributed by atoms with van der Waals surface area (Å²) >= 11 is 0. The fraction of sp³-hybridized carbons (Fsp3) is 0.235. The van der Waals surface area contributed by atoms with Gasteiger partial charge in [-0.25, -0.2) is 4.98 Å². The minimum Gasteiger partial charge on any atom is -0.345 e. The van der Waals surface area contributed by atoms with Crippen LogP contribution in [0.15, 0.2) is 48.8 Å². The number of hydrogen-bond donors (Lipinski definition) is 1. The lowest BCUT2D eigenvalue weighted by atomic mass is 9.86. The highest BCUT2D eigenvalue weighted by Crippen LogP contribution is 2.27. The van der Waals surface area contributed by atoms with Crippen molar-refractivity contribution in [2.75, 3.05) is 0 Å². The molecule has 0 fully saturated rings. The monoisotopic (exact) mass is 250 g/mol. The molecule has 2 nitrogen and oxygen atoms in total. The molecule has 0 unspecified atom stereocenters. The number of benzene rings is 2. The van der Waals surface area contributed by atoms with Crippen LogP contribution in [-0.2, 0) is 5.41 Å². The fourth-order valence-corrected chi connectivity index (χ4v) is 2.28. The number of rotatable bonds is 1. The van der Waals surface area contributed by atoms with Crippen LogP contribution < -0.4 is 0 Å². The molecule has 0 aliphatic heterocycles. The molecule has 2 aromatic carbocycles. The van der Waals surface area contributed by atoms with Crippen LogP contribution in [0.5, 0.6) is 0 Å². The average molecular weight is 250 g/mol. The van der Waals surface area contributed by atoms with Crippen molar-refractivity contribution in [3.63, 3.8) is 0 Å². The Hall–Kier alpha value is -2.09. The van der Waals surface area contributed by atoms with Crippen LogP contribution in [0.1, 0.15) is 26.3 Å². The zero-order chi connectivity index (χ0) is 13.5. The van der Waals surface area contributed by atoms with Gasteiger partial charge in [0.05, 0.1) is 17.4 Å². The summed E-state index contributed by atoms with van der Waals surface area (Å²) in [5.74, 6) is 0. The van der Waals surface area contributed by atoms with Gasteiger partial charge in [-0.15, -0.1) is 0 Å². The first-order valence-electron chi connectivity index (χ1n) is 6.58. The van der Waals surface area contributed by atoms with Crippen molar-refractivity contribution in [2.24, 2.45) is 0 Å². The molecule has 0 radical (unpaired) electrons. The molecule has 0 amide bonds. The maximum Gasteiger partial charge on any atom is 0.0931 e. The molecule has 2 heteroatoms. The lowest BCUT2D eigenvalue weighted by Crippen LogP contribution is -2.10. The molecule has 1 aromatic heterocycles. The second kappa shape index (κ2) is 4.23. The van der Waals surface area contributed by atoms with E-state index < -0.39 is 0 Å². The molecule has 0 spiro atoms. The number of imidazole rings is 1. The molecule has 19 heavy (non-hydrogen) atoms. The minimum absolute atomic E-state index is 0.200. The van der Waals surface area contributed by atoms with Gasteiger partial charge in [-0.05, 0) is 34.2 Å². The van der Waals surface area contributed by atoms with Crippen molar-refractivity contribution in [3.8, 4) is 11.1 Å². The second-order valence-corrected chi connectivity index (χ2v) is 5.96. The largest absolute Gasteiger partial charge is 0.345 e. The number of aromatic amines is 1. The van der Waals surface area contributed by atoms with E-state index in [1.54, 1.807) is 6.33 Å². The van der Waals surface area contributed by atoms with Gasteiger partial charge in [0, 0.05) is 0 Å². The number of nitrogens with zero attached hydrogens (tertiary/aromatic N) is 1. The van der Waals surface area contributed by atoms with Crippen molar-refractivity contribution in [1.82, 2.24) is 9.97 Å². The Morgan fingerprint density at radius 2 is 1.58 bits per heavy atom. The Labute approximate surface area is 113 Å². The van der Waals surface area contributed by atoms with Gasteiger partial charge in [0.2, 0.25) is 0 Å². The Morgan fingerprint density at radius 1 is 0.895 bits per heavy atom. The van der Waals surface area contributed by atoms with E-state index in [1.807, 2.05) is 0 Å². The van der Waals surface area contributed by atoms with Gasteiger partial charge in [0.25, 0.3) is 0 Å². The third kappa shape index (κ3) is 2.26. The van der Waals surface area contributed by atoms with Crippen molar-refractivity contribution >= 4 is 11.0 Å². The summed E-state index contributed by atoms with van der Waals surface area (Å²) < 4.78 is 0. The Bertz CT molecular complexity index is 700. The molecular weight excluding hydrogens is 232 g/mol. The molecule has 3 rings (SSSR count). The number of nitrogens with one attached hydrogen (secondary N) is 1. The summed E-state index contributed by atoms with van der Waals surface area (Å²) in [5, 5.41) is 0. The highest BCUT2D eigenvalue weighted by atomic mass is 14.9. The molecular formula is C17H18N2. The Balaban J connectivity index is 2.01. The predicted octanol–water partition coefficient (Wildman–Crippen LogP) is 4.53. The van der Waals surface area contributed by atoms with Crippen molar-refractivity contribution in [1.29, 1.82) is 0 Å². The highest BCUT2D eigenvalue weighted by Gasteiger charge is 2.13. The molecule has 1 N–H and O–H groups in total. The van der Waals surface area contributed by atoms with Gasteiger partial charge in [-0.1, -0.05) is 51.1 Å². The van der Waals surface area contributed by atoms with E-state index in [0.717, 1.165) is 11.0 Å². The maximum absolute atomic E-state index is 4.24. The van der Waals surface area contributed by atoms with E-state index in [0.29, 0.717) is 0 Å². The molecule has 3 aromatic rings. The number of fused-ring (bicyclic) bond motifs is 1. The van der Waals surface area contributed by atoms with E-state index >= 15 is 0 Å². The minimum atomic E-state index is 0.200. The molecule has 0 bridgehead atoms. The third-order valence-electron chi connectivity index (χ3n) is 3.50. The van der Waals surface area contributed by atoms with Gasteiger partial charge < -0.3 is 4.98 Å². The van der Waals surface area contributed by atoms with E-state index in [-0.39, 0.29) is 5.41 Å². The SMILES string of the molecule is CC(C)(C)c1ccc(-c2ccc3nc[nH]c3c2)cc1. The number of H-pyrrole nitrogens is 1. The van der Waals surface area contributed by atoms with Crippen LogP contribution in [0.4, 0.5) is 0 Å². The summed E-state index contributed by atoms with van der Waals surface area (Å²) in [6.07, 6.45) is 1.73. The van der Waals surface area contributed by atoms with E-state index in [9.17, 15) is 0 Å². The zero-order valence-electron chi connectivity index (χ0n) is 11.6.